The van der Waals surface area contributed by atoms with Gasteiger partial charge in [-0.3, -0.25) is 14.3 Å². The van der Waals surface area contributed by atoms with Gasteiger partial charge in [-0.15, -0.1) is 0 Å². The molecule has 10 heteroatoms. The lowest BCUT2D eigenvalue weighted by Crippen LogP contribution is -2.39. The first-order valence-corrected chi connectivity index (χ1v) is 10.1. The Morgan fingerprint density at radius 3 is 2.47 bits per heavy atom. The molecule has 1 aliphatic heterocycles. The van der Waals surface area contributed by atoms with Gasteiger partial charge in [0.2, 0.25) is 5.91 Å². The van der Waals surface area contributed by atoms with E-state index in [2.05, 4.69) is 10.4 Å². The minimum Gasteiger partial charge on any atom is -0.324 e. The molecule has 1 saturated heterocycles. The Bertz CT molecular complexity index is 985. The fraction of sp³-hybridized carbons (Fsp3) is 0.550. The van der Waals surface area contributed by atoms with Crippen molar-refractivity contribution in [2.45, 2.75) is 43.8 Å². The number of rotatable bonds is 5. The number of carbonyl (C=O) groups is 1. The summed E-state index contributed by atoms with van der Waals surface area (Å²) < 4.78 is 42.5. The van der Waals surface area contributed by atoms with Crippen LogP contribution in [-0.2, 0) is 18.0 Å². The number of hydrogen-bond acceptors (Lipinski definition) is 4. The number of nitrogens with one attached hydrogen (secondary N) is 1. The van der Waals surface area contributed by atoms with Gasteiger partial charge in [-0.25, -0.2) is 9.48 Å². The molecule has 2 aliphatic rings. The van der Waals surface area contributed by atoms with Crippen molar-refractivity contribution in [1.29, 1.82) is 0 Å². The van der Waals surface area contributed by atoms with Gasteiger partial charge < -0.3 is 5.32 Å². The van der Waals surface area contributed by atoms with E-state index in [4.69, 9.17) is 0 Å². The molecule has 1 aromatic heterocycles. The molecule has 1 saturated carbocycles. The lowest BCUT2D eigenvalue weighted by molar-refractivity contribution is -0.137. The molecular formula is C20H24F3N5O2. The maximum absolute atomic E-state index is 13.1. The molecule has 2 heterocycles. The lowest BCUT2D eigenvalue weighted by atomic mass is 9.96. The number of para-hydroxylation sites is 1. The number of carbonyl (C=O) groups excluding carboxylic acids is 1. The Morgan fingerprint density at radius 1 is 1.17 bits per heavy atom. The Hall–Kier alpha value is -2.62. The van der Waals surface area contributed by atoms with Crippen molar-refractivity contribution < 1.29 is 18.0 Å². The second kappa shape index (κ2) is 7.90. The van der Waals surface area contributed by atoms with E-state index < -0.39 is 17.6 Å². The summed E-state index contributed by atoms with van der Waals surface area (Å²) in [5, 5.41) is 6.82. The molecule has 1 N–H and O–H groups in total. The van der Waals surface area contributed by atoms with Crippen molar-refractivity contribution in [2.24, 2.45) is 7.05 Å². The number of piperidine rings is 1. The minimum atomic E-state index is -4.53. The smallest absolute Gasteiger partial charge is 0.324 e. The predicted molar refractivity (Wildman–Crippen MR) is 104 cm³/mol. The molecule has 0 atom stereocenters. The van der Waals surface area contributed by atoms with Gasteiger partial charge in [0.1, 0.15) is 5.82 Å². The normalized spacial score (nSPS) is 18.5. The number of aromatic nitrogens is 3. The molecule has 1 amide bonds. The van der Waals surface area contributed by atoms with Crippen molar-refractivity contribution in [3.63, 3.8) is 0 Å². The highest BCUT2D eigenvalue weighted by Gasteiger charge is 2.35. The summed E-state index contributed by atoms with van der Waals surface area (Å²) in [7, 11) is 1.66. The number of nitrogens with zero attached hydrogens (tertiary/aromatic N) is 4. The molecule has 2 aromatic rings. The number of benzene rings is 1. The molecular weight excluding hydrogens is 399 g/mol. The Labute approximate surface area is 171 Å². The molecule has 2 fully saturated rings. The highest BCUT2D eigenvalue weighted by Crippen LogP contribution is 2.37. The second-order valence-electron chi connectivity index (χ2n) is 8.01. The predicted octanol–water partition coefficient (Wildman–Crippen LogP) is 2.75. The average molecular weight is 423 g/mol. The molecule has 1 aliphatic carbocycles. The van der Waals surface area contributed by atoms with Crippen molar-refractivity contribution >= 4 is 11.6 Å². The third-order valence-corrected chi connectivity index (χ3v) is 5.72. The number of halogens is 3. The standard InChI is InChI=1S/C20H24F3N5O2/c1-26-19(30)28(14-6-7-14)18(25-26)13-8-10-27(11-9-13)12-17(29)24-16-5-3-2-4-15(16)20(21,22)23/h2-5,13-14H,6-12H2,1H3,(H,24,29). The lowest BCUT2D eigenvalue weighted by Gasteiger charge is -2.31. The first kappa shape index (κ1) is 20.6. The van der Waals surface area contributed by atoms with Crippen LogP contribution >= 0.6 is 0 Å². The van der Waals surface area contributed by atoms with E-state index in [0.717, 1.165) is 37.6 Å². The average Bonchev–Trinajstić information content (AvgIpc) is 3.48. The van der Waals surface area contributed by atoms with Gasteiger partial charge >= 0.3 is 11.9 Å². The number of hydrogen-bond donors (Lipinski definition) is 1. The van der Waals surface area contributed by atoms with Crippen LogP contribution in [0, 0.1) is 0 Å². The van der Waals surface area contributed by atoms with E-state index in [1.54, 1.807) is 11.6 Å². The molecule has 0 unspecified atom stereocenters. The molecule has 0 spiro atoms. The van der Waals surface area contributed by atoms with E-state index in [0.29, 0.717) is 13.1 Å². The summed E-state index contributed by atoms with van der Waals surface area (Å²) in [5.41, 5.74) is -1.17. The number of likely N-dealkylation sites (tertiary alicyclic amines) is 1. The first-order chi connectivity index (χ1) is 14.2. The molecule has 7 nitrogen and oxygen atoms in total. The van der Waals surface area contributed by atoms with Gasteiger partial charge in [-0.2, -0.15) is 18.3 Å². The van der Waals surface area contributed by atoms with Crippen LogP contribution in [0.25, 0.3) is 0 Å². The van der Waals surface area contributed by atoms with Crippen LogP contribution in [0.4, 0.5) is 18.9 Å². The molecule has 162 valence electrons. The zero-order valence-corrected chi connectivity index (χ0v) is 16.7. The van der Waals surface area contributed by atoms with Crippen LogP contribution in [0.2, 0.25) is 0 Å². The first-order valence-electron chi connectivity index (χ1n) is 10.1. The van der Waals surface area contributed by atoms with E-state index in [9.17, 15) is 22.8 Å². The topological polar surface area (TPSA) is 72.2 Å². The summed E-state index contributed by atoms with van der Waals surface area (Å²) >= 11 is 0. The van der Waals surface area contributed by atoms with Crippen molar-refractivity contribution in [3.8, 4) is 0 Å². The van der Waals surface area contributed by atoms with Crippen LogP contribution in [0.1, 0.15) is 49.0 Å². The maximum atomic E-state index is 13.1. The number of anilines is 1. The summed E-state index contributed by atoms with van der Waals surface area (Å²) in [6, 6.07) is 5.21. The van der Waals surface area contributed by atoms with Crippen LogP contribution in [0.3, 0.4) is 0 Å². The summed E-state index contributed by atoms with van der Waals surface area (Å²) in [4.78, 5) is 26.6. The number of amides is 1. The monoisotopic (exact) mass is 423 g/mol. The van der Waals surface area contributed by atoms with Crippen LogP contribution in [-0.4, -0.2) is 44.8 Å². The van der Waals surface area contributed by atoms with Crippen molar-refractivity contribution in [3.05, 3.63) is 46.1 Å². The fourth-order valence-electron chi connectivity index (χ4n) is 4.03. The van der Waals surface area contributed by atoms with E-state index in [1.165, 1.54) is 22.9 Å². The van der Waals surface area contributed by atoms with Crippen molar-refractivity contribution in [1.82, 2.24) is 19.2 Å². The summed E-state index contributed by atoms with van der Waals surface area (Å²) in [6.07, 6.45) is -1.04. The molecule has 0 radical (unpaired) electrons. The van der Waals surface area contributed by atoms with Crippen LogP contribution < -0.4 is 11.0 Å². The van der Waals surface area contributed by atoms with Gasteiger partial charge in [0, 0.05) is 19.0 Å². The highest BCUT2D eigenvalue weighted by atomic mass is 19.4. The third-order valence-electron chi connectivity index (χ3n) is 5.72. The molecule has 1 aromatic carbocycles. The Balaban J connectivity index is 1.35. The van der Waals surface area contributed by atoms with E-state index >= 15 is 0 Å². The zero-order chi connectivity index (χ0) is 21.5. The van der Waals surface area contributed by atoms with Crippen LogP contribution in [0.15, 0.2) is 29.1 Å². The van der Waals surface area contributed by atoms with E-state index in [1.807, 2.05) is 4.90 Å². The van der Waals surface area contributed by atoms with Crippen LogP contribution in [0.5, 0.6) is 0 Å². The SMILES string of the molecule is Cn1nc(C2CCN(CC(=O)Nc3ccccc3C(F)(F)F)CC2)n(C2CC2)c1=O. The zero-order valence-electron chi connectivity index (χ0n) is 16.7. The molecule has 30 heavy (non-hydrogen) atoms. The summed E-state index contributed by atoms with van der Waals surface area (Å²) in [6.45, 7) is 1.26. The van der Waals surface area contributed by atoms with Gasteiger partial charge in [0.05, 0.1) is 17.8 Å². The van der Waals surface area contributed by atoms with Gasteiger partial charge in [0.25, 0.3) is 0 Å². The quantitative estimate of drug-likeness (QED) is 0.803. The molecule has 0 bridgehead atoms. The fourth-order valence-corrected chi connectivity index (χ4v) is 4.03. The Morgan fingerprint density at radius 2 is 1.83 bits per heavy atom. The van der Waals surface area contributed by atoms with Gasteiger partial charge in [0.15, 0.2) is 0 Å². The number of alkyl halides is 3. The highest BCUT2D eigenvalue weighted by molar-refractivity contribution is 5.93. The van der Waals surface area contributed by atoms with Crippen molar-refractivity contribution in [2.75, 3.05) is 25.0 Å². The van der Waals surface area contributed by atoms with Gasteiger partial charge in [-0.1, -0.05) is 12.1 Å². The Kier molecular flexibility index (Phi) is 5.44. The largest absolute Gasteiger partial charge is 0.418 e. The molecule has 4 rings (SSSR count). The number of aryl methyl sites for hydroxylation is 1. The van der Waals surface area contributed by atoms with E-state index in [-0.39, 0.29) is 29.9 Å². The minimum absolute atomic E-state index is 0.0244. The maximum Gasteiger partial charge on any atom is 0.418 e. The summed E-state index contributed by atoms with van der Waals surface area (Å²) in [5.74, 6) is 0.482. The second-order valence-corrected chi connectivity index (χ2v) is 8.01. The third kappa shape index (κ3) is 4.28. The van der Waals surface area contributed by atoms with Gasteiger partial charge in [-0.05, 0) is 50.9 Å².